The van der Waals surface area contributed by atoms with Gasteiger partial charge in [0.1, 0.15) is 17.5 Å². The molecule has 0 bridgehead atoms. The van der Waals surface area contributed by atoms with Crippen molar-refractivity contribution in [3.63, 3.8) is 0 Å². The fourth-order valence-electron chi connectivity index (χ4n) is 2.71. The van der Waals surface area contributed by atoms with Crippen molar-refractivity contribution in [2.75, 3.05) is 14.2 Å². The van der Waals surface area contributed by atoms with E-state index in [1.54, 1.807) is 18.2 Å². The van der Waals surface area contributed by atoms with Crippen LogP contribution < -0.4 is 9.47 Å². The van der Waals surface area contributed by atoms with Crippen LogP contribution in [0.15, 0.2) is 48.5 Å². The lowest BCUT2D eigenvalue weighted by Crippen LogP contribution is -2.43. The zero-order valence-electron chi connectivity index (χ0n) is 15.1. The number of carboxylic acids is 1. The Kier molecular flexibility index (Phi) is 6.60. The van der Waals surface area contributed by atoms with Gasteiger partial charge in [0, 0.05) is 12.1 Å². The molecule has 2 aromatic carbocycles. The molecule has 1 atom stereocenters. The number of amides is 1. The lowest BCUT2D eigenvalue weighted by atomic mass is 10.1. The SMILES string of the molecule is COc1cccc(OC)c1CC(=O)N(Cc1ccccc1)C(C)C(=O)O. The van der Waals surface area contributed by atoms with Gasteiger partial charge in [-0.25, -0.2) is 4.79 Å². The van der Waals surface area contributed by atoms with Crippen LogP contribution in [0, 0.1) is 0 Å². The number of hydrogen-bond acceptors (Lipinski definition) is 4. The summed E-state index contributed by atoms with van der Waals surface area (Å²) in [6, 6.07) is 13.6. The Hall–Kier alpha value is -3.02. The number of nitrogens with zero attached hydrogens (tertiary/aromatic N) is 1. The Morgan fingerprint density at radius 2 is 1.58 bits per heavy atom. The van der Waals surface area contributed by atoms with Crippen molar-refractivity contribution >= 4 is 11.9 Å². The summed E-state index contributed by atoms with van der Waals surface area (Å²) >= 11 is 0. The maximum atomic E-state index is 13.0. The van der Waals surface area contributed by atoms with Gasteiger partial charge >= 0.3 is 5.97 Å². The quantitative estimate of drug-likeness (QED) is 0.786. The highest BCUT2D eigenvalue weighted by molar-refractivity contribution is 5.85. The smallest absolute Gasteiger partial charge is 0.326 e. The van der Waals surface area contributed by atoms with Gasteiger partial charge in [0.15, 0.2) is 0 Å². The predicted octanol–water partition coefficient (Wildman–Crippen LogP) is 2.75. The van der Waals surface area contributed by atoms with Crippen LogP contribution >= 0.6 is 0 Å². The third-order valence-corrected chi connectivity index (χ3v) is 4.20. The van der Waals surface area contributed by atoms with E-state index in [9.17, 15) is 14.7 Å². The van der Waals surface area contributed by atoms with Gasteiger partial charge in [-0.05, 0) is 24.6 Å². The van der Waals surface area contributed by atoms with Crippen LogP contribution in [0.25, 0.3) is 0 Å². The highest BCUT2D eigenvalue weighted by Gasteiger charge is 2.27. The van der Waals surface area contributed by atoms with E-state index in [2.05, 4.69) is 0 Å². The minimum Gasteiger partial charge on any atom is -0.496 e. The maximum Gasteiger partial charge on any atom is 0.326 e. The van der Waals surface area contributed by atoms with E-state index < -0.39 is 12.0 Å². The summed E-state index contributed by atoms with van der Waals surface area (Å²) in [7, 11) is 3.04. The van der Waals surface area contributed by atoms with E-state index in [4.69, 9.17) is 9.47 Å². The highest BCUT2D eigenvalue weighted by Crippen LogP contribution is 2.29. The van der Waals surface area contributed by atoms with Gasteiger partial charge in [-0.3, -0.25) is 4.79 Å². The number of benzene rings is 2. The molecule has 0 fully saturated rings. The molecule has 1 unspecified atom stereocenters. The Balaban J connectivity index is 2.31. The third kappa shape index (κ3) is 4.53. The van der Waals surface area contributed by atoms with Gasteiger partial charge < -0.3 is 19.5 Å². The molecule has 1 amide bonds. The summed E-state index contributed by atoms with van der Waals surface area (Å²) in [5.41, 5.74) is 1.46. The second kappa shape index (κ2) is 8.89. The van der Waals surface area contributed by atoms with Crippen molar-refractivity contribution in [1.82, 2.24) is 4.90 Å². The van der Waals surface area contributed by atoms with Crippen molar-refractivity contribution in [2.45, 2.75) is 25.9 Å². The lowest BCUT2D eigenvalue weighted by molar-refractivity contribution is -0.149. The summed E-state index contributed by atoms with van der Waals surface area (Å²) in [6.45, 7) is 1.72. The van der Waals surface area contributed by atoms with E-state index in [0.717, 1.165) is 5.56 Å². The first kappa shape index (κ1) is 19.3. The van der Waals surface area contributed by atoms with E-state index in [-0.39, 0.29) is 18.9 Å². The second-order valence-electron chi connectivity index (χ2n) is 5.84. The van der Waals surface area contributed by atoms with Crippen LogP contribution in [-0.2, 0) is 22.6 Å². The number of carboxylic acid groups (broad SMARTS) is 1. The molecule has 1 N–H and O–H groups in total. The molecule has 0 radical (unpaired) electrons. The van der Waals surface area contributed by atoms with E-state index >= 15 is 0 Å². The first-order chi connectivity index (χ1) is 12.5. The van der Waals surface area contributed by atoms with Crippen molar-refractivity contribution in [2.24, 2.45) is 0 Å². The number of methoxy groups -OCH3 is 2. The molecule has 6 heteroatoms. The molecule has 0 aromatic heterocycles. The molecule has 2 aromatic rings. The number of ether oxygens (including phenoxy) is 2. The summed E-state index contributed by atoms with van der Waals surface area (Å²) < 4.78 is 10.7. The zero-order valence-corrected chi connectivity index (χ0v) is 15.1. The van der Waals surface area contributed by atoms with E-state index in [1.807, 2.05) is 30.3 Å². The second-order valence-corrected chi connectivity index (χ2v) is 5.84. The number of rotatable bonds is 8. The number of aliphatic carboxylic acids is 1. The van der Waals surface area contributed by atoms with Crippen LogP contribution in [0.3, 0.4) is 0 Å². The molecule has 6 nitrogen and oxygen atoms in total. The van der Waals surface area contributed by atoms with Gasteiger partial charge in [0.05, 0.1) is 20.6 Å². The van der Waals surface area contributed by atoms with Crippen molar-refractivity contribution in [3.8, 4) is 11.5 Å². The number of carbonyl (C=O) groups is 2. The van der Waals surface area contributed by atoms with Crippen molar-refractivity contribution in [3.05, 3.63) is 59.7 Å². The van der Waals surface area contributed by atoms with Crippen LogP contribution in [0.5, 0.6) is 11.5 Å². The fourth-order valence-corrected chi connectivity index (χ4v) is 2.71. The standard InChI is InChI=1S/C20H23NO5/c1-14(20(23)24)21(13-15-8-5-4-6-9-15)19(22)12-16-17(25-2)10-7-11-18(16)26-3/h4-11,14H,12-13H2,1-3H3,(H,23,24). The van der Waals surface area contributed by atoms with Gasteiger partial charge in [-0.2, -0.15) is 0 Å². The highest BCUT2D eigenvalue weighted by atomic mass is 16.5. The Morgan fingerprint density at radius 3 is 2.08 bits per heavy atom. The van der Waals surface area contributed by atoms with E-state index in [1.165, 1.54) is 26.0 Å². The summed E-state index contributed by atoms with van der Waals surface area (Å²) in [5.74, 6) is -0.312. The fraction of sp³-hybridized carbons (Fsp3) is 0.300. The summed E-state index contributed by atoms with van der Waals surface area (Å²) in [6.07, 6.45) is -0.0162. The van der Waals surface area contributed by atoms with E-state index in [0.29, 0.717) is 17.1 Å². The minimum atomic E-state index is -1.05. The molecular formula is C20H23NO5. The normalized spacial score (nSPS) is 11.5. The van der Waals surface area contributed by atoms with Gasteiger partial charge in [0.25, 0.3) is 0 Å². The maximum absolute atomic E-state index is 13.0. The van der Waals surface area contributed by atoms with Crippen molar-refractivity contribution in [1.29, 1.82) is 0 Å². The average molecular weight is 357 g/mol. The summed E-state index contributed by atoms with van der Waals surface area (Å²) in [4.78, 5) is 25.8. The van der Waals surface area contributed by atoms with Crippen LogP contribution in [0.1, 0.15) is 18.1 Å². The predicted molar refractivity (Wildman–Crippen MR) is 97.3 cm³/mol. The molecule has 138 valence electrons. The molecule has 0 aliphatic heterocycles. The largest absolute Gasteiger partial charge is 0.496 e. The lowest BCUT2D eigenvalue weighted by Gasteiger charge is -2.27. The molecule has 0 saturated heterocycles. The minimum absolute atomic E-state index is 0.0162. The first-order valence-electron chi connectivity index (χ1n) is 8.24. The topological polar surface area (TPSA) is 76.1 Å². The van der Waals surface area contributed by atoms with Gasteiger partial charge in [-0.15, -0.1) is 0 Å². The monoisotopic (exact) mass is 357 g/mol. The number of hydrogen-bond donors (Lipinski definition) is 1. The van der Waals surface area contributed by atoms with Crippen molar-refractivity contribution < 1.29 is 24.2 Å². The third-order valence-electron chi connectivity index (χ3n) is 4.20. The van der Waals surface area contributed by atoms with Crippen LogP contribution in [0.2, 0.25) is 0 Å². The molecule has 0 aliphatic rings. The van der Waals surface area contributed by atoms with Crippen LogP contribution in [0.4, 0.5) is 0 Å². The zero-order chi connectivity index (χ0) is 19.1. The number of carbonyl (C=O) groups excluding carboxylic acids is 1. The van der Waals surface area contributed by atoms with Gasteiger partial charge in [-0.1, -0.05) is 36.4 Å². The Bertz CT molecular complexity index is 738. The molecular weight excluding hydrogens is 334 g/mol. The molecule has 26 heavy (non-hydrogen) atoms. The summed E-state index contributed by atoms with van der Waals surface area (Å²) in [5, 5.41) is 9.40. The van der Waals surface area contributed by atoms with Crippen LogP contribution in [-0.4, -0.2) is 42.1 Å². The molecule has 0 aliphatic carbocycles. The molecule has 0 saturated carbocycles. The molecule has 2 rings (SSSR count). The Morgan fingerprint density at radius 1 is 1.00 bits per heavy atom. The molecule has 0 heterocycles. The molecule has 0 spiro atoms. The Labute approximate surface area is 153 Å². The van der Waals surface area contributed by atoms with Gasteiger partial charge in [0.2, 0.25) is 5.91 Å². The first-order valence-corrected chi connectivity index (χ1v) is 8.24. The average Bonchev–Trinajstić information content (AvgIpc) is 2.66.